The Hall–Kier alpha value is -1.59. The molecule has 3 rings (SSSR count). The van der Waals surface area contributed by atoms with E-state index in [9.17, 15) is 15.0 Å². The first-order valence-electron chi connectivity index (χ1n) is 6.18. The number of nitrogens with one attached hydrogen (secondary N) is 1. The second kappa shape index (κ2) is 4.26. The summed E-state index contributed by atoms with van der Waals surface area (Å²) in [6, 6.07) is 7.43. The average molecular weight is 248 g/mol. The minimum Gasteiger partial charge on any atom is -0.393 e. The Bertz CT molecular complexity index is 471. The molecule has 1 heterocycles. The molecule has 1 saturated carbocycles. The molecule has 0 saturated heterocycles. The van der Waals surface area contributed by atoms with Crippen molar-refractivity contribution in [1.82, 2.24) is 0 Å². The van der Waals surface area contributed by atoms with Gasteiger partial charge >= 0.3 is 0 Å². The summed E-state index contributed by atoms with van der Waals surface area (Å²) in [6.07, 6.45) is -0.0296. The number of carbonyl (C=O) groups excluding carboxylic acids is 1. The first-order chi connectivity index (χ1) is 8.65. The van der Waals surface area contributed by atoms with Gasteiger partial charge in [0.2, 0.25) is 5.91 Å². The standard InChI is InChI=1S/C13H16N2O3/c16-9-5-8(6-9)13(18)15-7-12(17)14-10-3-1-2-4-11(10)15/h1-4,8-9,12,14,16-17H,5-7H2. The van der Waals surface area contributed by atoms with Gasteiger partial charge in [-0.05, 0) is 25.0 Å². The van der Waals surface area contributed by atoms with Crippen molar-refractivity contribution in [2.24, 2.45) is 5.92 Å². The van der Waals surface area contributed by atoms with Gasteiger partial charge in [-0.3, -0.25) is 4.79 Å². The highest BCUT2D eigenvalue weighted by Crippen LogP contribution is 2.35. The maximum Gasteiger partial charge on any atom is 0.230 e. The van der Waals surface area contributed by atoms with Gasteiger partial charge in [-0.2, -0.15) is 0 Å². The molecule has 0 radical (unpaired) electrons. The largest absolute Gasteiger partial charge is 0.393 e. The monoisotopic (exact) mass is 248 g/mol. The van der Waals surface area contributed by atoms with Gasteiger partial charge in [-0.1, -0.05) is 12.1 Å². The SMILES string of the molecule is O=C(C1CC(O)C1)N1CC(O)Nc2ccccc21. The van der Waals surface area contributed by atoms with Crippen molar-refractivity contribution in [3.63, 3.8) is 0 Å². The van der Waals surface area contributed by atoms with Crippen molar-refractivity contribution in [2.45, 2.75) is 25.2 Å². The number of hydrogen-bond acceptors (Lipinski definition) is 4. The predicted molar refractivity (Wildman–Crippen MR) is 67.2 cm³/mol. The number of aliphatic hydroxyl groups is 2. The molecule has 1 unspecified atom stereocenters. The lowest BCUT2D eigenvalue weighted by Gasteiger charge is -2.39. The Labute approximate surface area is 105 Å². The second-order valence-corrected chi connectivity index (χ2v) is 4.95. The lowest BCUT2D eigenvalue weighted by atomic mass is 9.81. The molecule has 1 aromatic rings. The highest BCUT2D eigenvalue weighted by Gasteiger charge is 2.38. The fourth-order valence-corrected chi connectivity index (χ4v) is 2.55. The number of carbonyl (C=O) groups is 1. The fourth-order valence-electron chi connectivity index (χ4n) is 2.55. The van der Waals surface area contributed by atoms with Gasteiger partial charge in [0.1, 0.15) is 6.23 Å². The van der Waals surface area contributed by atoms with Crippen LogP contribution < -0.4 is 10.2 Å². The van der Waals surface area contributed by atoms with E-state index in [1.54, 1.807) is 4.90 Å². The second-order valence-electron chi connectivity index (χ2n) is 4.95. The number of benzene rings is 1. The van der Waals surface area contributed by atoms with Gasteiger partial charge in [-0.25, -0.2) is 0 Å². The van der Waals surface area contributed by atoms with E-state index < -0.39 is 6.23 Å². The number of amides is 1. The predicted octanol–water partition coefficient (Wildman–Crippen LogP) is 0.534. The number of anilines is 2. The van der Waals surface area contributed by atoms with Crippen molar-refractivity contribution in [2.75, 3.05) is 16.8 Å². The maximum atomic E-state index is 12.3. The van der Waals surface area contributed by atoms with Crippen LogP contribution in [0.3, 0.4) is 0 Å². The van der Waals surface area contributed by atoms with Crippen LogP contribution in [0.4, 0.5) is 11.4 Å². The molecule has 96 valence electrons. The summed E-state index contributed by atoms with van der Waals surface area (Å²) in [4.78, 5) is 13.9. The third kappa shape index (κ3) is 1.85. The van der Waals surface area contributed by atoms with Crippen molar-refractivity contribution in [3.05, 3.63) is 24.3 Å². The van der Waals surface area contributed by atoms with Crippen LogP contribution in [0, 0.1) is 5.92 Å². The van der Waals surface area contributed by atoms with Gasteiger partial charge in [0.05, 0.1) is 24.0 Å². The summed E-state index contributed by atoms with van der Waals surface area (Å²) < 4.78 is 0. The zero-order chi connectivity index (χ0) is 12.7. The normalized spacial score (nSPS) is 30.1. The first kappa shape index (κ1) is 11.5. The van der Waals surface area contributed by atoms with E-state index in [0.717, 1.165) is 11.4 Å². The van der Waals surface area contributed by atoms with E-state index in [4.69, 9.17) is 0 Å². The Morgan fingerprint density at radius 3 is 2.72 bits per heavy atom. The molecular weight excluding hydrogens is 232 g/mol. The fraction of sp³-hybridized carbons (Fsp3) is 0.462. The highest BCUT2D eigenvalue weighted by molar-refractivity contribution is 5.99. The number of hydrogen-bond donors (Lipinski definition) is 3. The Morgan fingerprint density at radius 2 is 2.00 bits per heavy atom. The van der Waals surface area contributed by atoms with E-state index >= 15 is 0 Å². The number of aliphatic hydroxyl groups excluding tert-OH is 2. The minimum atomic E-state index is -0.742. The van der Waals surface area contributed by atoms with Crippen LogP contribution >= 0.6 is 0 Å². The Kier molecular flexibility index (Phi) is 2.72. The van der Waals surface area contributed by atoms with Crippen LogP contribution in [-0.4, -0.2) is 35.0 Å². The van der Waals surface area contributed by atoms with E-state index in [1.165, 1.54) is 0 Å². The van der Waals surface area contributed by atoms with Crippen LogP contribution in [-0.2, 0) is 4.79 Å². The summed E-state index contributed by atoms with van der Waals surface area (Å²) in [5.41, 5.74) is 1.57. The van der Waals surface area contributed by atoms with E-state index in [1.807, 2.05) is 24.3 Å². The van der Waals surface area contributed by atoms with Crippen molar-refractivity contribution >= 4 is 17.3 Å². The molecule has 0 aromatic heterocycles. The van der Waals surface area contributed by atoms with Gasteiger partial charge in [0.25, 0.3) is 0 Å². The molecule has 3 N–H and O–H groups in total. The van der Waals surface area contributed by atoms with Gasteiger partial charge in [0.15, 0.2) is 0 Å². The summed E-state index contributed by atoms with van der Waals surface area (Å²) in [5, 5.41) is 22.0. The molecule has 5 heteroatoms. The molecule has 1 fully saturated rings. The number of para-hydroxylation sites is 2. The number of nitrogens with zero attached hydrogens (tertiary/aromatic N) is 1. The lowest BCUT2D eigenvalue weighted by molar-refractivity contribution is -0.129. The quantitative estimate of drug-likeness (QED) is 0.678. The zero-order valence-corrected chi connectivity index (χ0v) is 9.91. The summed E-state index contributed by atoms with van der Waals surface area (Å²) >= 11 is 0. The molecule has 1 atom stereocenters. The molecule has 0 spiro atoms. The van der Waals surface area contributed by atoms with Crippen LogP contribution in [0.15, 0.2) is 24.3 Å². The Balaban J connectivity index is 1.86. The molecule has 2 aliphatic rings. The summed E-state index contributed by atoms with van der Waals surface area (Å²) in [6.45, 7) is 0.252. The van der Waals surface area contributed by atoms with Crippen molar-refractivity contribution < 1.29 is 15.0 Å². The molecule has 5 nitrogen and oxygen atoms in total. The third-order valence-electron chi connectivity index (χ3n) is 3.60. The van der Waals surface area contributed by atoms with Gasteiger partial charge < -0.3 is 20.4 Å². The highest BCUT2D eigenvalue weighted by atomic mass is 16.3. The van der Waals surface area contributed by atoms with E-state index in [2.05, 4.69) is 5.32 Å². The van der Waals surface area contributed by atoms with Gasteiger partial charge in [-0.15, -0.1) is 0 Å². The molecule has 1 aliphatic heterocycles. The van der Waals surface area contributed by atoms with Crippen molar-refractivity contribution in [1.29, 1.82) is 0 Å². The minimum absolute atomic E-state index is 0.00620. The first-order valence-corrected chi connectivity index (χ1v) is 6.18. The van der Waals surface area contributed by atoms with Crippen LogP contribution in [0.25, 0.3) is 0 Å². The van der Waals surface area contributed by atoms with Crippen LogP contribution in [0.5, 0.6) is 0 Å². The van der Waals surface area contributed by atoms with E-state index in [0.29, 0.717) is 12.8 Å². The third-order valence-corrected chi connectivity index (χ3v) is 3.60. The van der Waals surface area contributed by atoms with Gasteiger partial charge in [0, 0.05) is 5.92 Å². The molecular formula is C13H16N2O3. The average Bonchev–Trinajstić information content (AvgIpc) is 2.33. The Morgan fingerprint density at radius 1 is 1.28 bits per heavy atom. The molecule has 1 amide bonds. The zero-order valence-electron chi connectivity index (χ0n) is 9.91. The summed E-state index contributed by atoms with van der Waals surface area (Å²) in [7, 11) is 0. The molecule has 1 aliphatic carbocycles. The van der Waals surface area contributed by atoms with E-state index in [-0.39, 0.29) is 24.5 Å². The number of rotatable bonds is 1. The van der Waals surface area contributed by atoms with Crippen LogP contribution in [0.1, 0.15) is 12.8 Å². The maximum absolute atomic E-state index is 12.3. The van der Waals surface area contributed by atoms with Crippen molar-refractivity contribution in [3.8, 4) is 0 Å². The topological polar surface area (TPSA) is 72.8 Å². The molecule has 1 aromatic carbocycles. The lowest BCUT2D eigenvalue weighted by Crippen LogP contribution is -2.50. The van der Waals surface area contributed by atoms with Crippen LogP contribution in [0.2, 0.25) is 0 Å². The number of fused-ring (bicyclic) bond motifs is 1. The number of β-amino-alcohol motifs (C(OH)–C–C–N with tert-alkyl or cyclic N) is 1. The molecule has 0 bridgehead atoms. The smallest absolute Gasteiger partial charge is 0.230 e. The summed E-state index contributed by atoms with van der Waals surface area (Å²) in [5.74, 6) is -0.119. The molecule has 18 heavy (non-hydrogen) atoms.